The van der Waals surface area contributed by atoms with Crippen LogP contribution in [0.25, 0.3) is 0 Å². The molecule has 14 heteroatoms. The van der Waals surface area contributed by atoms with Crippen LogP contribution in [0.2, 0.25) is 0 Å². The molecule has 2 aromatic rings. The number of aliphatic hydroxyl groups excluding tert-OH is 2. The molecule has 2 unspecified atom stereocenters. The number of hydrogen-bond donors (Lipinski definition) is 6. The van der Waals surface area contributed by atoms with Gasteiger partial charge in [0.2, 0.25) is 0 Å². The number of carbonyl (C=O) groups excluding carboxylic acids is 4. The van der Waals surface area contributed by atoms with Gasteiger partial charge in [-0.2, -0.15) is 0 Å². The second-order valence-corrected chi connectivity index (χ2v) is 20.0. The van der Waals surface area contributed by atoms with E-state index in [4.69, 9.17) is 9.47 Å². The average Bonchev–Trinajstić information content (AvgIpc) is 3.41. The highest BCUT2D eigenvalue weighted by atomic mass is 16.5. The van der Waals surface area contributed by atoms with Crippen molar-refractivity contribution in [2.45, 2.75) is 146 Å². The van der Waals surface area contributed by atoms with E-state index in [1.54, 1.807) is 0 Å². The zero-order valence-corrected chi connectivity index (χ0v) is 35.2. The van der Waals surface area contributed by atoms with E-state index in [1.807, 2.05) is 104 Å². The Labute approximate surface area is 336 Å². The lowest BCUT2D eigenvalue weighted by atomic mass is 9.71. The molecular weight excluding hydrogens is 729 g/mol. The van der Waals surface area contributed by atoms with Crippen LogP contribution in [-0.4, -0.2) is 116 Å². The van der Waals surface area contributed by atoms with Gasteiger partial charge in [-0.15, -0.1) is 0 Å². The van der Waals surface area contributed by atoms with Crippen LogP contribution in [0.4, 0.5) is 9.59 Å². The summed E-state index contributed by atoms with van der Waals surface area (Å²) in [5.41, 5.74) is -1.84. The minimum Gasteiger partial charge on any atom is -0.491 e. The Bertz CT molecular complexity index is 1710. The van der Waals surface area contributed by atoms with Gasteiger partial charge in [-0.05, 0) is 116 Å². The summed E-state index contributed by atoms with van der Waals surface area (Å²) >= 11 is 0. The molecule has 57 heavy (non-hydrogen) atoms. The van der Waals surface area contributed by atoms with Gasteiger partial charge in [0.05, 0.1) is 13.1 Å². The summed E-state index contributed by atoms with van der Waals surface area (Å²) in [4.78, 5) is 55.3. The summed E-state index contributed by atoms with van der Waals surface area (Å²) < 4.78 is 11.7. The molecule has 4 fully saturated rings. The summed E-state index contributed by atoms with van der Waals surface area (Å²) in [7, 11) is 0. The maximum absolute atomic E-state index is 13.6. The maximum Gasteiger partial charge on any atom is 0.325 e. The van der Waals surface area contributed by atoms with Gasteiger partial charge in [-0.1, -0.05) is 38.1 Å². The quantitative estimate of drug-likeness (QED) is 0.172. The Morgan fingerprint density at radius 1 is 0.579 bits per heavy atom. The number of carbonyl (C=O) groups is 4. The molecule has 4 heterocycles. The SMILES string of the molecule is CC1(C)CC2(CC(C)(C)N1)NC(=O)N(CC(O)COc1ccc(C(C)(C)c3ccc(OCC(O)CN4C(=O)NC5(CC(C)(C)NC(C)(C)C5)C4=O)cc3)cc1)C2=O. The van der Waals surface area contributed by atoms with Gasteiger partial charge >= 0.3 is 12.1 Å². The number of imide groups is 2. The Morgan fingerprint density at radius 3 is 1.18 bits per heavy atom. The van der Waals surface area contributed by atoms with Gasteiger partial charge in [0.25, 0.3) is 11.8 Å². The predicted molar refractivity (Wildman–Crippen MR) is 215 cm³/mol. The third-order valence-electron chi connectivity index (χ3n) is 11.6. The van der Waals surface area contributed by atoms with Crippen molar-refractivity contribution < 1.29 is 38.9 Å². The van der Waals surface area contributed by atoms with Crippen LogP contribution in [0.1, 0.15) is 106 Å². The number of rotatable bonds is 12. The first-order valence-corrected chi connectivity index (χ1v) is 19.9. The van der Waals surface area contributed by atoms with Crippen molar-refractivity contribution in [2.24, 2.45) is 0 Å². The minimum absolute atomic E-state index is 0.0990. The molecule has 6 amide bonds. The first kappa shape index (κ1) is 42.4. The molecule has 0 saturated carbocycles. The van der Waals surface area contributed by atoms with Crippen LogP contribution in [0.5, 0.6) is 11.5 Å². The van der Waals surface area contributed by atoms with Gasteiger partial charge < -0.3 is 41.0 Å². The molecule has 0 aromatic heterocycles. The number of β-amino-alcohol motifs (C(OH)–C–C–N with tert-alkyl or cyclic N) is 2. The third kappa shape index (κ3) is 8.94. The van der Waals surface area contributed by atoms with Crippen molar-refractivity contribution in [1.29, 1.82) is 0 Å². The van der Waals surface area contributed by atoms with E-state index < -0.39 is 40.8 Å². The first-order chi connectivity index (χ1) is 26.3. The maximum atomic E-state index is 13.6. The largest absolute Gasteiger partial charge is 0.491 e. The Morgan fingerprint density at radius 2 is 0.877 bits per heavy atom. The number of benzene rings is 2. The van der Waals surface area contributed by atoms with Crippen molar-refractivity contribution >= 4 is 23.9 Å². The Hall–Kier alpha value is -4.24. The lowest BCUT2D eigenvalue weighted by Crippen LogP contribution is -2.68. The lowest BCUT2D eigenvalue weighted by Gasteiger charge is -2.50. The topological polar surface area (TPSA) is 182 Å². The lowest BCUT2D eigenvalue weighted by molar-refractivity contribution is -0.136. The van der Waals surface area contributed by atoms with Gasteiger partial charge in [0, 0.05) is 27.6 Å². The van der Waals surface area contributed by atoms with E-state index in [2.05, 4.69) is 35.1 Å². The number of nitrogens with zero attached hydrogens (tertiary/aromatic N) is 2. The van der Waals surface area contributed by atoms with Crippen molar-refractivity contribution in [3.8, 4) is 11.5 Å². The molecule has 4 aliphatic rings. The smallest absolute Gasteiger partial charge is 0.325 e. The molecule has 6 N–H and O–H groups in total. The fraction of sp³-hybridized carbons (Fsp3) is 0.628. The van der Waals surface area contributed by atoms with Gasteiger partial charge in [0.1, 0.15) is 48.0 Å². The summed E-state index contributed by atoms with van der Waals surface area (Å²) in [5, 5.41) is 34.6. The van der Waals surface area contributed by atoms with Crippen LogP contribution >= 0.6 is 0 Å². The average molecular weight is 791 g/mol. The highest BCUT2D eigenvalue weighted by Gasteiger charge is 2.60. The summed E-state index contributed by atoms with van der Waals surface area (Å²) in [6.07, 6.45) is -0.364. The van der Waals surface area contributed by atoms with Crippen LogP contribution in [-0.2, 0) is 15.0 Å². The number of urea groups is 2. The standard InChI is InChI=1S/C43H62N6O8/c1-37(2)23-42(24-38(3,4)46-37)33(52)48(35(54)44-42)19-29(50)21-56-31-15-11-27(12-16-31)41(9,10)28-13-17-32(18-14-28)57-22-30(51)20-49-34(53)43(45-36(49)55)25-39(5,6)47-40(7,8)26-43/h11-18,29-30,46-47,50-51H,19-26H2,1-10H3,(H,44,54)(H,45,55). The molecule has 4 saturated heterocycles. The zero-order chi connectivity index (χ0) is 42.0. The van der Waals surface area contributed by atoms with Gasteiger partial charge in [-0.3, -0.25) is 19.4 Å². The predicted octanol–water partition coefficient (Wildman–Crippen LogP) is 3.95. The monoisotopic (exact) mass is 790 g/mol. The second kappa shape index (κ2) is 14.5. The molecule has 4 aliphatic heterocycles. The second-order valence-electron chi connectivity index (χ2n) is 20.0. The van der Waals surface area contributed by atoms with Crippen LogP contribution in [0.3, 0.4) is 0 Å². The zero-order valence-electron chi connectivity index (χ0n) is 35.2. The molecule has 312 valence electrons. The number of ether oxygens (including phenoxy) is 2. The minimum atomic E-state index is -1.08. The van der Waals surface area contributed by atoms with E-state index in [0.717, 1.165) is 20.9 Å². The van der Waals surface area contributed by atoms with Crippen molar-refractivity contribution in [2.75, 3.05) is 26.3 Å². The van der Waals surface area contributed by atoms with Gasteiger partial charge in [-0.25, -0.2) is 9.59 Å². The summed E-state index contributed by atoms with van der Waals surface area (Å²) in [6, 6.07) is 14.1. The highest BCUT2D eigenvalue weighted by molar-refractivity contribution is 6.08. The summed E-state index contributed by atoms with van der Waals surface area (Å²) in [6.45, 7) is 19.8. The van der Waals surface area contributed by atoms with Crippen molar-refractivity contribution in [1.82, 2.24) is 31.1 Å². The number of nitrogens with one attached hydrogen (secondary N) is 4. The number of amides is 6. The summed E-state index contributed by atoms with van der Waals surface area (Å²) in [5.74, 6) is 0.446. The van der Waals surface area contributed by atoms with Crippen LogP contribution in [0, 0.1) is 0 Å². The molecule has 2 spiro atoms. The Kier molecular flexibility index (Phi) is 10.8. The molecule has 14 nitrogen and oxygen atoms in total. The molecule has 0 radical (unpaired) electrons. The van der Waals surface area contributed by atoms with E-state index in [9.17, 15) is 29.4 Å². The Balaban J connectivity index is 0.984. The van der Waals surface area contributed by atoms with Crippen LogP contribution < -0.4 is 30.7 Å². The van der Waals surface area contributed by atoms with Crippen molar-refractivity contribution in [3.05, 3.63) is 59.7 Å². The normalized spacial score (nSPS) is 24.0. The van der Waals surface area contributed by atoms with Gasteiger partial charge in [0.15, 0.2) is 0 Å². The number of aliphatic hydroxyl groups is 2. The molecule has 0 bridgehead atoms. The molecule has 2 aromatic carbocycles. The molecule has 0 aliphatic carbocycles. The molecule has 6 rings (SSSR count). The number of hydrogen-bond acceptors (Lipinski definition) is 10. The fourth-order valence-corrected chi connectivity index (χ4v) is 10.3. The van der Waals surface area contributed by atoms with E-state index >= 15 is 0 Å². The molecule has 2 atom stereocenters. The van der Waals surface area contributed by atoms with Crippen molar-refractivity contribution in [3.63, 3.8) is 0 Å². The molecular formula is C43H62N6O8. The van der Waals surface area contributed by atoms with E-state index in [-0.39, 0.29) is 60.3 Å². The fourth-order valence-electron chi connectivity index (χ4n) is 10.3. The van der Waals surface area contributed by atoms with Crippen LogP contribution in [0.15, 0.2) is 48.5 Å². The number of piperidine rings is 2. The highest BCUT2D eigenvalue weighted by Crippen LogP contribution is 2.41. The van der Waals surface area contributed by atoms with E-state index in [0.29, 0.717) is 37.2 Å². The van der Waals surface area contributed by atoms with E-state index in [1.165, 1.54) is 0 Å². The first-order valence-electron chi connectivity index (χ1n) is 19.9. The third-order valence-corrected chi connectivity index (χ3v) is 11.6.